The van der Waals surface area contributed by atoms with Gasteiger partial charge >= 0.3 is 0 Å². The smallest absolute Gasteiger partial charge is 0.0244 e. The van der Waals surface area contributed by atoms with Gasteiger partial charge in [-0.05, 0) is 26.3 Å². The van der Waals surface area contributed by atoms with E-state index in [1.807, 2.05) is 5.01 Å². The summed E-state index contributed by atoms with van der Waals surface area (Å²) in [4.78, 5) is 2.49. The van der Waals surface area contributed by atoms with Crippen LogP contribution in [0.3, 0.4) is 0 Å². The van der Waals surface area contributed by atoms with Crippen molar-refractivity contribution in [3.63, 3.8) is 0 Å². The Morgan fingerprint density at radius 1 is 1.09 bits per heavy atom. The molecule has 0 saturated carbocycles. The molecule has 0 amide bonds. The van der Waals surface area contributed by atoms with Crippen molar-refractivity contribution in [2.45, 2.75) is 24.8 Å². The Morgan fingerprint density at radius 2 is 1.64 bits per heavy atom. The molecule has 2 aliphatic heterocycles. The predicted octanol–water partition coefficient (Wildman–Crippen LogP) is 0.0302. The standard InChI is InChI=1S/C8H17N3/c1-10-5-2-8(10)3-6-11(9)7-4-8/h2-7,9H2,1H3. The van der Waals surface area contributed by atoms with Crippen LogP contribution in [0.5, 0.6) is 0 Å². The van der Waals surface area contributed by atoms with Crippen molar-refractivity contribution in [1.29, 1.82) is 0 Å². The zero-order valence-electron chi connectivity index (χ0n) is 7.21. The number of nitrogens with zero attached hydrogens (tertiary/aromatic N) is 2. The summed E-state index contributed by atoms with van der Waals surface area (Å²) in [7, 11) is 2.23. The second-order valence-electron chi connectivity index (χ2n) is 3.93. The van der Waals surface area contributed by atoms with Crippen LogP contribution in [0.25, 0.3) is 0 Å². The zero-order chi connectivity index (χ0) is 7.90. The van der Waals surface area contributed by atoms with Crippen LogP contribution in [0, 0.1) is 0 Å². The number of hydrogen-bond donors (Lipinski definition) is 1. The van der Waals surface area contributed by atoms with Gasteiger partial charge in [0.15, 0.2) is 0 Å². The average Bonchev–Trinajstić information content (AvgIpc) is 2.03. The van der Waals surface area contributed by atoms with E-state index < -0.39 is 0 Å². The van der Waals surface area contributed by atoms with Crippen LogP contribution in [-0.2, 0) is 0 Å². The lowest BCUT2D eigenvalue weighted by molar-refractivity contribution is -0.0396. The Balaban J connectivity index is 1.96. The molecular formula is C8H17N3. The van der Waals surface area contributed by atoms with Gasteiger partial charge in [0.1, 0.15) is 0 Å². The van der Waals surface area contributed by atoms with Crippen molar-refractivity contribution >= 4 is 0 Å². The molecule has 2 aliphatic rings. The van der Waals surface area contributed by atoms with Crippen LogP contribution in [0.1, 0.15) is 19.3 Å². The van der Waals surface area contributed by atoms with Gasteiger partial charge in [0, 0.05) is 25.2 Å². The van der Waals surface area contributed by atoms with Crippen molar-refractivity contribution in [2.75, 3.05) is 26.7 Å². The third kappa shape index (κ3) is 1.08. The molecular weight excluding hydrogens is 138 g/mol. The largest absolute Gasteiger partial charge is 0.300 e. The number of hydrazine groups is 1. The maximum atomic E-state index is 5.69. The topological polar surface area (TPSA) is 32.5 Å². The normalized spacial score (nSPS) is 32.2. The number of piperidine rings is 1. The minimum atomic E-state index is 0.551. The van der Waals surface area contributed by atoms with Gasteiger partial charge in [-0.3, -0.25) is 5.84 Å². The van der Waals surface area contributed by atoms with Crippen LogP contribution in [0.2, 0.25) is 0 Å². The first kappa shape index (κ1) is 7.53. The van der Waals surface area contributed by atoms with E-state index in [9.17, 15) is 0 Å². The Labute approximate surface area is 68.1 Å². The molecule has 3 heteroatoms. The van der Waals surface area contributed by atoms with Crippen LogP contribution in [0.4, 0.5) is 0 Å². The summed E-state index contributed by atoms with van der Waals surface area (Å²) >= 11 is 0. The van der Waals surface area contributed by atoms with E-state index in [1.54, 1.807) is 0 Å². The molecule has 2 heterocycles. The summed E-state index contributed by atoms with van der Waals surface area (Å²) in [5, 5.41) is 1.94. The summed E-state index contributed by atoms with van der Waals surface area (Å²) in [6.07, 6.45) is 3.91. The van der Waals surface area contributed by atoms with Gasteiger partial charge in [-0.2, -0.15) is 0 Å². The number of hydrogen-bond acceptors (Lipinski definition) is 3. The van der Waals surface area contributed by atoms with Crippen molar-refractivity contribution in [2.24, 2.45) is 5.84 Å². The van der Waals surface area contributed by atoms with E-state index in [-0.39, 0.29) is 0 Å². The molecule has 2 rings (SSSR count). The van der Waals surface area contributed by atoms with Crippen LogP contribution in [0.15, 0.2) is 0 Å². The first-order valence-corrected chi connectivity index (χ1v) is 4.44. The monoisotopic (exact) mass is 155 g/mol. The SMILES string of the molecule is CN1CCC12CCN(N)CC2. The number of likely N-dealkylation sites (tertiary alicyclic amines) is 1. The molecule has 0 unspecified atom stereocenters. The molecule has 2 saturated heterocycles. The maximum Gasteiger partial charge on any atom is 0.0244 e. The lowest BCUT2D eigenvalue weighted by atomic mass is 9.77. The third-order valence-electron chi connectivity index (χ3n) is 3.45. The Hall–Kier alpha value is -0.120. The van der Waals surface area contributed by atoms with Crippen molar-refractivity contribution < 1.29 is 0 Å². The highest BCUT2D eigenvalue weighted by atomic mass is 15.4. The summed E-state index contributed by atoms with van der Waals surface area (Å²) < 4.78 is 0. The van der Waals surface area contributed by atoms with Gasteiger partial charge in [-0.15, -0.1) is 0 Å². The van der Waals surface area contributed by atoms with Crippen molar-refractivity contribution in [3.05, 3.63) is 0 Å². The van der Waals surface area contributed by atoms with Gasteiger partial charge in [-0.25, -0.2) is 5.01 Å². The minimum absolute atomic E-state index is 0.551. The quantitative estimate of drug-likeness (QED) is 0.501. The van der Waals surface area contributed by atoms with Crippen LogP contribution in [-0.4, -0.2) is 42.1 Å². The first-order chi connectivity index (χ1) is 5.23. The fraction of sp³-hybridized carbons (Fsp3) is 1.00. The van der Waals surface area contributed by atoms with Crippen LogP contribution >= 0.6 is 0 Å². The number of nitrogens with two attached hydrogens (primary N) is 1. The molecule has 1 spiro atoms. The highest BCUT2D eigenvalue weighted by Crippen LogP contribution is 2.37. The van der Waals surface area contributed by atoms with E-state index in [1.165, 1.54) is 25.8 Å². The molecule has 2 fully saturated rings. The highest BCUT2D eigenvalue weighted by molar-refractivity contribution is 5.00. The van der Waals surface area contributed by atoms with Crippen molar-refractivity contribution in [3.8, 4) is 0 Å². The molecule has 0 aromatic carbocycles. The molecule has 0 atom stereocenters. The Kier molecular flexibility index (Phi) is 1.67. The van der Waals surface area contributed by atoms with Gasteiger partial charge in [0.2, 0.25) is 0 Å². The Morgan fingerprint density at radius 3 is 2.00 bits per heavy atom. The second-order valence-corrected chi connectivity index (χ2v) is 3.93. The molecule has 0 radical (unpaired) electrons. The molecule has 64 valence electrons. The third-order valence-corrected chi connectivity index (χ3v) is 3.45. The van der Waals surface area contributed by atoms with Crippen LogP contribution < -0.4 is 5.84 Å². The van der Waals surface area contributed by atoms with E-state index >= 15 is 0 Å². The van der Waals surface area contributed by atoms with Gasteiger partial charge in [0.05, 0.1) is 0 Å². The van der Waals surface area contributed by atoms with Gasteiger partial charge in [0.25, 0.3) is 0 Å². The van der Waals surface area contributed by atoms with E-state index in [2.05, 4.69) is 11.9 Å². The zero-order valence-corrected chi connectivity index (χ0v) is 7.21. The molecule has 3 nitrogen and oxygen atoms in total. The molecule has 0 aliphatic carbocycles. The first-order valence-electron chi connectivity index (χ1n) is 4.44. The van der Waals surface area contributed by atoms with E-state index in [4.69, 9.17) is 5.84 Å². The van der Waals surface area contributed by atoms with Crippen molar-refractivity contribution in [1.82, 2.24) is 9.91 Å². The predicted molar refractivity (Wildman–Crippen MR) is 45.0 cm³/mol. The molecule has 2 N–H and O–H groups in total. The molecule has 0 aromatic rings. The fourth-order valence-corrected chi connectivity index (χ4v) is 2.22. The maximum absolute atomic E-state index is 5.69. The molecule has 0 bridgehead atoms. The number of rotatable bonds is 0. The van der Waals surface area contributed by atoms with E-state index in [0.717, 1.165) is 13.1 Å². The lowest BCUT2D eigenvalue weighted by Gasteiger charge is -2.54. The minimum Gasteiger partial charge on any atom is -0.300 e. The van der Waals surface area contributed by atoms with Gasteiger partial charge in [-0.1, -0.05) is 0 Å². The summed E-state index contributed by atoms with van der Waals surface area (Å²) in [5.41, 5.74) is 0.551. The summed E-state index contributed by atoms with van der Waals surface area (Å²) in [6.45, 7) is 3.43. The fourth-order valence-electron chi connectivity index (χ4n) is 2.22. The molecule has 0 aromatic heterocycles. The highest BCUT2D eigenvalue weighted by Gasteiger charge is 2.43. The van der Waals surface area contributed by atoms with E-state index in [0.29, 0.717) is 5.54 Å². The Bertz CT molecular complexity index is 149. The van der Waals surface area contributed by atoms with Gasteiger partial charge < -0.3 is 4.90 Å². The summed E-state index contributed by atoms with van der Waals surface area (Å²) in [5.74, 6) is 5.69. The average molecular weight is 155 g/mol. The molecule has 11 heavy (non-hydrogen) atoms. The summed E-state index contributed by atoms with van der Waals surface area (Å²) in [6, 6.07) is 0. The second kappa shape index (κ2) is 2.44. The lowest BCUT2D eigenvalue weighted by Crippen LogP contribution is -2.63.